The summed E-state index contributed by atoms with van der Waals surface area (Å²) in [6.07, 6.45) is 2.58. The molecule has 0 fully saturated rings. The highest BCUT2D eigenvalue weighted by Gasteiger charge is 2.13. The van der Waals surface area contributed by atoms with Crippen LogP contribution < -0.4 is 0 Å². The Morgan fingerprint density at radius 1 is 1.29 bits per heavy atom. The third-order valence-corrected chi connectivity index (χ3v) is 6.28. The lowest BCUT2D eigenvalue weighted by atomic mass is 10.3. The number of aryl methyl sites for hydroxylation is 2. The highest BCUT2D eigenvalue weighted by molar-refractivity contribution is 8.00. The molecule has 3 nitrogen and oxygen atoms in total. The van der Waals surface area contributed by atoms with Gasteiger partial charge in [0, 0.05) is 15.1 Å². The van der Waals surface area contributed by atoms with Crippen molar-refractivity contribution in [1.29, 1.82) is 0 Å². The van der Waals surface area contributed by atoms with Crippen LogP contribution in [-0.4, -0.2) is 21.5 Å². The minimum Gasteiger partial charge on any atom is -0.292 e. The first-order chi connectivity index (χ1) is 10.2. The monoisotopic (exact) mass is 334 g/mol. The van der Waals surface area contributed by atoms with Crippen LogP contribution in [0.5, 0.6) is 0 Å². The fourth-order valence-electron chi connectivity index (χ4n) is 1.96. The molecule has 21 heavy (non-hydrogen) atoms. The van der Waals surface area contributed by atoms with E-state index in [2.05, 4.69) is 23.0 Å². The first-order valence-electron chi connectivity index (χ1n) is 6.63. The molecule has 0 aromatic carbocycles. The Kier molecular flexibility index (Phi) is 4.37. The molecular weight excluding hydrogens is 320 g/mol. The van der Waals surface area contributed by atoms with Gasteiger partial charge < -0.3 is 0 Å². The number of ketones is 1. The second-order valence-electron chi connectivity index (χ2n) is 4.59. The number of thioether (sulfide) groups is 1. The molecule has 0 aliphatic heterocycles. The molecule has 0 saturated carbocycles. The minimum atomic E-state index is 0.163. The summed E-state index contributed by atoms with van der Waals surface area (Å²) in [6, 6.07) is 6.03. The Bertz CT molecular complexity index is 791. The molecule has 3 aromatic heterocycles. The zero-order valence-electron chi connectivity index (χ0n) is 11.8. The predicted molar refractivity (Wildman–Crippen MR) is 90.9 cm³/mol. The number of carbonyl (C=O) groups is 1. The van der Waals surface area contributed by atoms with Gasteiger partial charge in [-0.1, -0.05) is 18.7 Å². The van der Waals surface area contributed by atoms with Crippen LogP contribution in [-0.2, 0) is 6.42 Å². The number of aromatic nitrogens is 2. The van der Waals surface area contributed by atoms with Gasteiger partial charge in [-0.25, -0.2) is 9.97 Å². The van der Waals surface area contributed by atoms with Crippen LogP contribution in [0.2, 0.25) is 0 Å². The molecule has 0 bridgehead atoms. The number of hydrogen-bond acceptors (Lipinski definition) is 6. The van der Waals surface area contributed by atoms with Gasteiger partial charge in [-0.05, 0) is 31.5 Å². The smallest absolute Gasteiger partial charge is 0.183 e. The fraction of sp³-hybridized carbons (Fsp3) is 0.267. The lowest BCUT2D eigenvalue weighted by molar-refractivity contribution is 0.102. The third-order valence-electron chi connectivity index (χ3n) is 3.05. The van der Waals surface area contributed by atoms with Gasteiger partial charge in [0.25, 0.3) is 0 Å². The maximum Gasteiger partial charge on any atom is 0.183 e. The quantitative estimate of drug-likeness (QED) is 0.388. The van der Waals surface area contributed by atoms with E-state index in [0.29, 0.717) is 5.75 Å². The van der Waals surface area contributed by atoms with Gasteiger partial charge in [0.1, 0.15) is 16.2 Å². The van der Waals surface area contributed by atoms with Gasteiger partial charge in [0.15, 0.2) is 5.78 Å². The number of carbonyl (C=O) groups excluding carboxylic acids is 1. The van der Waals surface area contributed by atoms with Crippen molar-refractivity contribution >= 4 is 50.4 Å². The number of Topliss-reactive ketones (excluding diaryl/α,β-unsaturated/α-hetero) is 1. The summed E-state index contributed by atoms with van der Waals surface area (Å²) in [5.41, 5.74) is 0. The van der Waals surface area contributed by atoms with E-state index in [-0.39, 0.29) is 5.78 Å². The lowest BCUT2D eigenvalue weighted by Crippen LogP contribution is -1.99. The Balaban J connectivity index is 1.79. The maximum absolute atomic E-state index is 12.2. The van der Waals surface area contributed by atoms with Crippen molar-refractivity contribution in [3.63, 3.8) is 0 Å². The minimum absolute atomic E-state index is 0.163. The predicted octanol–water partition coefficient (Wildman–Crippen LogP) is 4.60. The molecule has 108 valence electrons. The maximum atomic E-state index is 12.2. The molecule has 0 unspecified atom stereocenters. The molecule has 3 rings (SSSR count). The van der Waals surface area contributed by atoms with Crippen LogP contribution in [0.25, 0.3) is 10.2 Å². The van der Waals surface area contributed by atoms with E-state index in [1.54, 1.807) is 29.0 Å². The van der Waals surface area contributed by atoms with Gasteiger partial charge in [-0.3, -0.25) is 4.79 Å². The number of rotatable bonds is 5. The molecule has 0 aliphatic carbocycles. The van der Waals surface area contributed by atoms with Gasteiger partial charge in [0.05, 0.1) is 10.6 Å². The molecule has 0 amide bonds. The van der Waals surface area contributed by atoms with Crippen LogP contribution in [0.4, 0.5) is 0 Å². The van der Waals surface area contributed by atoms with E-state index in [9.17, 15) is 4.79 Å². The standard InChI is InChI=1S/C15H14N2OS3/c1-3-10-6-11-14(16-8-17-15(11)21-10)19-7-12(18)13-5-4-9(2)20-13/h4-6,8H,3,7H2,1-2H3. The number of thiophene rings is 2. The van der Waals surface area contributed by atoms with E-state index >= 15 is 0 Å². The highest BCUT2D eigenvalue weighted by Crippen LogP contribution is 2.31. The van der Waals surface area contributed by atoms with Gasteiger partial charge in [-0.15, -0.1) is 22.7 Å². The van der Waals surface area contributed by atoms with Crippen LogP contribution >= 0.6 is 34.4 Å². The van der Waals surface area contributed by atoms with Crippen molar-refractivity contribution in [3.05, 3.63) is 39.2 Å². The van der Waals surface area contributed by atoms with Gasteiger partial charge in [0.2, 0.25) is 0 Å². The summed E-state index contributed by atoms with van der Waals surface area (Å²) >= 11 is 4.75. The summed E-state index contributed by atoms with van der Waals surface area (Å²) < 4.78 is 0. The van der Waals surface area contributed by atoms with Crippen LogP contribution in [0.1, 0.15) is 26.3 Å². The molecule has 0 atom stereocenters. The third kappa shape index (κ3) is 3.17. The fourth-order valence-corrected chi connectivity index (χ4v) is 4.71. The van der Waals surface area contributed by atoms with Crippen molar-refractivity contribution in [2.75, 3.05) is 5.75 Å². The Hall–Kier alpha value is -1.24. The lowest BCUT2D eigenvalue weighted by Gasteiger charge is -2.00. The van der Waals surface area contributed by atoms with Crippen molar-refractivity contribution < 1.29 is 4.79 Å². The second kappa shape index (κ2) is 6.25. The van der Waals surface area contributed by atoms with Crippen molar-refractivity contribution in [2.45, 2.75) is 25.3 Å². The Morgan fingerprint density at radius 2 is 2.14 bits per heavy atom. The molecule has 0 radical (unpaired) electrons. The Morgan fingerprint density at radius 3 is 2.86 bits per heavy atom. The number of hydrogen-bond donors (Lipinski definition) is 0. The number of nitrogens with zero attached hydrogens (tertiary/aromatic N) is 2. The zero-order chi connectivity index (χ0) is 14.8. The molecule has 0 aliphatic rings. The van der Waals surface area contributed by atoms with E-state index in [1.807, 2.05) is 19.1 Å². The van der Waals surface area contributed by atoms with Crippen LogP contribution in [0.3, 0.4) is 0 Å². The average Bonchev–Trinajstić information content (AvgIpc) is 3.10. The van der Waals surface area contributed by atoms with Crippen molar-refractivity contribution in [2.24, 2.45) is 0 Å². The summed E-state index contributed by atoms with van der Waals surface area (Å²) in [6.45, 7) is 4.15. The molecule has 3 heterocycles. The second-order valence-corrected chi connectivity index (χ2v) is 7.95. The molecule has 0 N–H and O–H groups in total. The SMILES string of the molecule is CCc1cc2c(SCC(=O)c3ccc(C)s3)ncnc2s1. The van der Waals surface area contributed by atoms with Crippen LogP contribution in [0, 0.1) is 6.92 Å². The van der Waals surface area contributed by atoms with E-state index in [0.717, 1.165) is 31.4 Å². The molecule has 6 heteroatoms. The van der Waals surface area contributed by atoms with Gasteiger partial charge in [-0.2, -0.15) is 0 Å². The summed E-state index contributed by atoms with van der Waals surface area (Å²) in [5, 5.41) is 1.97. The molecule has 0 saturated heterocycles. The summed E-state index contributed by atoms with van der Waals surface area (Å²) in [5.74, 6) is 0.583. The van der Waals surface area contributed by atoms with E-state index < -0.39 is 0 Å². The Labute approximate surface area is 135 Å². The first-order valence-corrected chi connectivity index (χ1v) is 9.25. The highest BCUT2D eigenvalue weighted by atomic mass is 32.2. The normalized spacial score (nSPS) is 11.1. The van der Waals surface area contributed by atoms with E-state index in [1.165, 1.54) is 16.6 Å². The van der Waals surface area contributed by atoms with Crippen molar-refractivity contribution in [3.8, 4) is 0 Å². The van der Waals surface area contributed by atoms with Crippen LogP contribution in [0.15, 0.2) is 29.6 Å². The molecule has 0 spiro atoms. The van der Waals surface area contributed by atoms with Crippen molar-refractivity contribution in [1.82, 2.24) is 9.97 Å². The van der Waals surface area contributed by atoms with Gasteiger partial charge >= 0.3 is 0 Å². The topological polar surface area (TPSA) is 42.9 Å². The number of fused-ring (bicyclic) bond motifs is 1. The average molecular weight is 334 g/mol. The van der Waals surface area contributed by atoms with E-state index in [4.69, 9.17) is 0 Å². The summed E-state index contributed by atoms with van der Waals surface area (Å²) in [7, 11) is 0. The molecule has 3 aromatic rings. The first kappa shape index (κ1) is 14.7. The largest absolute Gasteiger partial charge is 0.292 e. The summed E-state index contributed by atoms with van der Waals surface area (Å²) in [4.78, 5) is 25.1. The molecular formula is C15H14N2OS3. The zero-order valence-corrected chi connectivity index (χ0v) is 14.2.